The Morgan fingerprint density at radius 1 is 1.24 bits per heavy atom. The van der Waals surface area contributed by atoms with Crippen LogP contribution in [0.25, 0.3) is 0 Å². The maximum Gasteiger partial charge on any atom is 0.144 e. The van der Waals surface area contributed by atoms with E-state index in [1.165, 1.54) is 38.9 Å². The first-order chi connectivity index (χ1) is 10.3. The predicted octanol–water partition coefficient (Wildman–Crippen LogP) is 1.97. The summed E-state index contributed by atoms with van der Waals surface area (Å²) in [6.07, 6.45) is 7.88. The lowest BCUT2D eigenvalue weighted by Crippen LogP contribution is -2.58. The molecular weight excluding hydrogens is 262 g/mol. The first kappa shape index (κ1) is 14.7. The highest BCUT2D eigenvalue weighted by atomic mass is 15.3. The number of anilines is 1. The van der Waals surface area contributed by atoms with Gasteiger partial charge in [0.05, 0.1) is 18.1 Å². The van der Waals surface area contributed by atoms with Crippen molar-refractivity contribution < 1.29 is 0 Å². The molecule has 5 nitrogen and oxygen atoms in total. The summed E-state index contributed by atoms with van der Waals surface area (Å²) in [5.74, 6) is 0.867. The van der Waals surface area contributed by atoms with E-state index < -0.39 is 0 Å². The maximum atomic E-state index is 4.55. The van der Waals surface area contributed by atoms with Crippen LogP contribution in [0.4, 0.5) is 5.82 Å². The molecule has 2 fully saturated rings. The van der Waals surface area contributed by atoms with Crippen LogP contribution < -0.4 is 5.32 Å². The van der Waals surface area contributed by atoms with E-state index in [9.17, 15) is 0 Å². The topological polar surface area (TPSA) is 44.3 Å². The molecule has 3 heterocycles. The molecule has 0 aromatic carbocycles. The first-order valence-electron chi connectivity index (χ1n) is 8.29. The van der Waals surface area contributed by atoms with Crippen LogP contribution in [-0.4, -0.2) is 58.0 Å². The van der Waals surface area contributed by atoms with Gasteiger partial charge in [-0.15, -0.1) is 0 Å². The number of piperazine rings is 1. The average molecular weight is 289 g/mol. The van der Waals surface area contributed by atoms with Gasteiger partial charge in [0.2, 0.25) is 0 Å². The van der Waals surface area contributed by atoms with Crippen LogP contribution in [0.2, 0.25) is 0 Å². The standard InChI is InChI=1S/C16H27N5/c1-3-17-16-9-18-14(8-19-16)11-21-12-15-6-4-5-7-20(15)10-13(21)2/h8-9,13,15H,3-7,10-12H2,1-2H3,(H,17,19). The van der Waals surface area contributed by atoms with Crippen LogP contribution in [0.1, 0.15) is 38.8 Å². The third-order valence-electron chi connectivity index (χ3n) is 4.74. The fourth-order valence-corrected chi connectivity index (χ4v) is 3.55. The lowest BCUT2D eigenvalue weighted by molar-refractivity contribution is 0.0104. The molecule has 2 unspecified atom stereocenters. The van der Waals surface area contributed by atoms with Crippen LogP contribution in [0, 0.1) is 0 Å². The first-order valence-corrected chi connectivity index (χ1v) is 8.29. The predicted molar refractivity (Wildman–Crippen MR) is 85.3 cm³/mol. The molecule has 2 atom stereocenters. The van der Waals surface area contributed by atoms with E-state index in [2.05, 4.69) is 38.9 Å². The Hall–Kier alpha value is -1.20. The van der Waals surface area contributed by atoms with Crippen LogP contribution >= 0.6 is 0 Å². The normalized spacial score (nSPS) is 27.3. The molecule has 0 aliphatic carbocycles. The SMILES string of the molecule is CCNc1cnc(CN2CC3CCCCN3CC2C)cn1. The van der Waals surface area contributed by atoms with E-state index in [0.29, 0.717) is 6.04 Å². The summed E-state index contributed by atoms with van der Waals surface area (Å²) in [5.41, 5.74) is 1.08. The highest BCUT2D eigenvalue weighted by Crippen LogP contribution is 2.24. The van der Waals surface area contributed by atoms with Crippen molar-refractivity contribution in [1.29, 1.82) is 0 Å². The van der Waals surface area contributed by atoms with Crippen LogP contribution in [-0.2, 0) is 6.54 Å². The monoisotopic (exact) mass is 289 g/mol. The number of piperidine rings is 1. The molecule has 116 valence electrons. The van der Waals surface area contributed by atoms with Gasteiger partial charge in [-0.2, -0.15) is 0 Å². The molecule has 1 N–H and O–H groups in total. The third kappa shape index (κ3) is 3.52. The van der Waals surface area contributed by atoms with Gasteiger partial charge in [-0.3, -0.25) is 14.8 Å². The summed E-state index contributed by atoms with van der Waals surface area (Å²) < 4.78 is 0. The molecule has 0 spiro atoms. The molecular formula is C16H27N5. The van der Waals surface area contributed by atoms with Crippen molar-refractivity contribution in [3.8, 4) is 0 Å². The summed E-state index contributed by atoms with van der Waals surface area (Å²) >= 11 is 0. The van der Waals surface area contributed by atoms with Crippen molar-refractivity contribution >= 4 is 5.82 Å². The molecule has 0 amide bonds. The molecule has 1 aromatic heterocycles. The minimum Gasteiger partial charge on any atom is -0.369 e. The van der Waals surface area contributed by atoms with Crippen molar-refractivity contribution in [3.05, 3.63) is 18.1 Å². The lowest BCUT2D eigenvalue weighted by atomic mass is 9.97. The highest BCUT2D eigenvalue weighted by molar-refractivity contribution is 5.30. The second kappa shape index (κ2) is 6.71. The number of fused-ring (bicyclic) bond motifs is 1. The minimum atomic E-state index is 0.606. The van der Waals surface area contributed by atoms with E-state index in [4.69, 9.17) is 0 Å². The van der Waals surface area contributed by atoms with Gasteiger partial charge in [0.15, 0.2) is 0 Å². The smallest absolute Gasteiger partial charge is 0.144 e. The molecule has 21 heavy (non-hydrogen) atoms. The summed E-state index contributed by atoms with van der Waals surface area (Å²) in [7, 11) is 0. The van der Waals surface area contributed by atoms with Crippen LogP contribution in [0.5, 0.6) is 0 Å². The highest BCUT2D eigenvalue weighted by Gasteiger charge is 2.32. The van der Waals surface area contributed by atoms with E-state index in [-0.39, 0.29) is 0 Å². The number of hydrogen-bond acceptors (Lipinski definition) is 5. The van der Waals surface area contributed by atoms with Crippen molar-refractivity contribution in [2.75, 3.05) is 31.5 Å². The number of rotatable bonds is 4. The van der Waals surface area contributed by atoms with Crippen LogP contribution in [0.3, 0.4) is 0 Å². The fourth-order valence-electron chi connectivity index (χ4n) is 3.55. The Morgan fingerprint density at radius 2 is 2.14 bits per heavy atom. The summed E-state index contributed by atoms with van der Waals surface area (Å²) in [5, 5.41) is 3.19. The van der Waals surface area contributed by atoms with Crippen molar-refractivity contribution in [2.24, 2.45) is 0 Å². The summed E-state index contributed by atoms with van der Waals surface area (Å²) in [4.78, 5) is 14.2. The van der Waals surface area contributed by atoms with E-state index in [1.807, 2.05) is 12.4 Å². The Morgan fingerprint density at radius 3 is 2.90 bits per heavy atom. The molecule has 0 radical (unpaired) electrons. The Labute approximate surface area is 127 Å². The quantitative estimate of drug-likeness (QED) is 0.918. The molecule has 3 rings (SSSR count). The summed E-state index contributed by atoms with van der Waals surface area (Å²) in [6.45, 7) is 9.89. The van der Waals surface area contributed by atoms with E-state index in [1.54, 1.807) is 0 Å². The molecule has 1 aromatic rings. The number of nitrogens with zero attached hydrogens (tertiary/aromatic N) is 4. The molecule has 2 aliphatic rings. The van der Waals surface area contributed by atoms with Crippen LogP contribution in [0.15, 0.2) is 12.4 Å². The molecule has 2 saturated heterocycles. The second-order valence-electron chi connectivity index (χ2n) is 6.35. The molecule has 0 saturated carbocycles. The number of hydrogen-bond donors (Lipinski definition) is 1. The Kier molecular flexibility index (Phi) is 4.70. The van der Waals surface area contributed by atoms with E-state index in [0.717, 1.165) is 30.6 Å². The molecule has 2 aliphatic heterocycles. The van der Waals surface area contributed by atoms with Crippen molar-refractivity contribution in [1.82, 2.24) is 19.8 Å². The Balaban J connectivity index is 1.61. The molecule has 0 bridgehead atoms. The average Bonchev–Trinajstić information content (AvgIpc) is 2.50. The van der Waals surface area contributed by atoms with Gasteiger partial charge in [0.1, 0.15) is 5.82 Å². The summed E-state index contributed by atoms with van der Waals surface area (Å²) in [6, 6.07) is 1.36. The van der Waals surface area contributed by atoms with Crippen molar-refractivity contribution in [3.63, 3.8) is 0 Å². The zero-order valence-electron chi connectivity index (χ0n) is 13.3. The van der Waals surface area contributed by atoms with Gasteiger partial charge in [-0.25, -0.2) is 4.98 Å². The third-order valence-corrected chi connectivity index (χ3v) is 4.74. The zero-order chi connectivity index (χ0) is 14.7. The molecule has 5 heteroatoms. The van der Waals surface area contributed by atoms with Crippen molar-refractivity contribution in [2.45, 2.75) is 51.7 Å². The van der Waals surface area contributed by atoms with Gasteiger partial charge < -0.3 is 5.32 Å². The maximum absolute atomic E-state index is 4.55. The van der Waals surface area contributed by atoms with Gasteiger partial charge in [-0.05, 0) is 33.2 Å². The van der Waals surface area contributed by atoms with Gasteiger partial charge >= 0.3 is 0 Å². The van der Waals surface area contributed by atoms with Gasteiger partial charge in [0.25, 0.3) is 0 Å². The van der Waals surface area contributed by atoms with E-state index >= 15 is 0 Å². The minimum absolute atomic E-state index is 0.606. The number of aromatic nitrogens is 2. The van der Waals surface area contributed by atoms with Gasteiger partial charge in [0, 0.05) is 38.3 Å². The largest absolute Gasteiger partial charge is 0.369 e. The fraction of sp³-hybridized carbons (Fsp3) is 0.750. The lowest BCUT2D eigenvalue weighted by Gasteiger charge is -2.47. The second-order valence-corrected chi connectivity index (χ2v) is 6.35. The Bertz CT molecular complexity index is 446. The zero-order valence-corrected chi connectivity index (χ0v) is 13.3. The van der Waals surface area contributed by atoms with Gasteiger partial charge in [-0.1, -0.05) is 6.42 Å². The number of nitrogens with one attached hydrogen (secondary N) is 1.